The maximum Gasteiger partial charge on any atom is 0.223 e. The van der Waals surface area contributed by atoms with Gasteiger partial charge in [-0.25, -0.2) is 9.37 Å². The molecule has 0 unspecified atom stereocenters. The van der Waals surface area contributed by atoms with Gasteiger partial charge in [0.15, 0.2) is 11.6 Å². The molecule has 0 radical (unpaired) electrons. The van der Waals surface area contributed by atoms with Gasteiger partial charge < -0.3 is 30.1 Å². The molecule has 5 rings (SSSR count). The van der Waals surface area contributed by atoms with Crippen LogP contribution in [0.4, 0.5) is 38.6 Å². The molecule has 0 spiro atoms. The minimum absolute atomic E-state index is 0.0346. The minimum Gasteiger partial charge on any atom is -0.494 e. The quantitative estimate of drug-likeness (QED) is 0.531. The van der Waals surface area contributed by atoms with Crippen molar-refractivity contribution in [2.45, 2.75) is 13.3 Å². The van der Waals surface area contributed by atoms with Gasteiger partial charge in [0.25, 0.3) is 0 Å². The Morgan fingerprint density at radius 2 is 1.81 bits per heavy atom. The molecule has 2 N–H and O–H groups in total. The van der Waals surface area contributed by atoms with Crippen LogP contribution in [0, 0.1) is 5.82 Å². The average molecular weight is 491 g/mol. The highest BCUT2D eigenvalue weighted by atomic mass is 19.1. The molecule has 1 aromatic heterocycles. The molecule has 0 aliphatic carbocycles. The maximum atomic E-state index is 15.6. The van der Waals surface area contributed by atoms with E-state index in [1.54, 1.807) is 31.2 Å². The van der Waals surface area contributed by atoms with E-state index in [0.29, 0.717) is 23.7 Å². The zero-order chi connectivity index (χ0) is 25.2. The first-order chi connectivity index (χ1) is 17.4. The topological polar surface area (TPSA) is 73.0 Å². The highest BCUT2D eigenvalue weighted by Gasteiger charge is 2.26. The molecular weight excluding hydrogens is 459 g/mol. The Kier molecular flexibility index (Phi) is 6.65. The number of pyridine rings is 1. The Balaban J connectivity index is 1.39. The van der Waals surface area contributed by atoms with E-state index in [-0.39, 0.29) is 17.4 Å². The summed E-state index contributed by atoms with van der Waals surface area (Å²) in [5.74, 6) is 0.144. The van der Waals surface area contributed by atoms with E-state index in [2.05, 4.69) is 32.5 Å². The number of fused-ring (bicyclic) bond motifs is 1. The van der Waals surface area contributed by atoms with Crippen molar-refractivity contribution in [1.82, 2.24) is 9.88 Å². The molecule has 36 heavy (non-hydrogen) atoms. The number of nitrogens with one attached hydrogen (secondary N) is 2. The van der Waals surface area contributed by atoms with Crippen molar-refractivity contribution >= 4 is 40.2 Å². The van der Waals surface area contributed by atoms with Gasteiger partial charge in [-0.2, -0.15) is 0 Å². The fourth-order valence-electron chi connectivity index (χ4n) is 4.82. The molecule has 2 aliphatic heterocycles. The standard InChI is InChI=1S/C27H31FN6O2/c1-18(35)34-12-10-19-5-4-6-23(26(19)34)30-22-9-11-29-27(25(22)28)31-21-8-7-20(17-24(21)36-3)33-15-13-32(2)14-16-33/h4-9,11,17H,10,12-16H2,1-3H3,(H2,29,30,31). The van der Waals surface area contributed by atoms with Gasteiger partial charge in [-0.1, -0.05) is 12.1 Å². The fraction of sp³-hybridized carbons (Fsp3) is 0.333. The van der Waals surface area contributed by atoms with Crippen molar-refractivity contribution in [3.05, 3.63) is 60.0 Å². The lowest BCUT2D eigenvalue weighted by molar-refractivity contribution is -0.116. The molecule has 1 fully saturated rings. The normalized spacial score (nSPS) is 15.6. The molecule has 8 nitrogen and oxygen atoms in total. The van der Waals surface area contributed by atoms with Crippen LogP contribution in [0.15, 0.2) is 48.7 Å². The average Bonchev–Trinajstić information content (AvgIpc) is 3.33. The van der Waals surface area contributed by atoms with Crippen molar-refractivity contribution in [3.63, 3.8) is 0 Å². The van der Waals surface area contributed by atoms with Crippen molar-refractivity contribution in [3.8, 4) is 5.75 Å². The summed E-state index contributed by atoms with van der Waals surface area (Å²) in [7, 11) is 3.73. The second-order valence-electron chi connectivity index (χ2n) is 9.18. The number of hydrogen-bond acceptors (Lipinski definition) is 7. The van der Waals surface area contributed by atoms with Crippen LogP contribution in [0.25, 0.3) is 0 Å². The predicted octanol–water partition coefficient (Wildman–Crippen LogP) is 4.38. The highest BCUT2D eigenvalue weighted by molar-refractivity contribution is 5.98. The molecule has 0 saturated carbocycles. The Labute approximate surface area is 210 Å². The molecule has 3 heterocycles. The van der Waals surface area contributed by atoms with Crippen LogP contribution < -0.4 is 25.2 Å². The molecule has 1 saturated heterocycles. The van der Waals surface area contributed by atoms with Gasteiger partial charge in [0.1, 0.15) is 5.75 Å². The van der Waals surface area contributed by atoms with E-state index in [9.17, 15) is 4.79 Å². The number of amides is 1. The molecule has 1 amide bonds. The smallest absolute Gasteiger partial charge is 0.223 e. The number of anilines is 6. The number of carbonyl (C=O) groups excluding carboxylic acids is 1. The summed E-state index contributed by atoms with van der Waals surface area (Å²) in [6.07, 6.45) is 2.32. The fourth-order valence-corrected chi connectivity index (χ4v) is 4.82. The van der Waals surface area contributed by atoms with Crippen LogP contribution in [0.5, 0.6) is 5.75 Å². The summed E-state index contributed by atoms with van der Waals surface area (Å²) in [6, 6.07) is 13.2. The number of aromatic nitrogens is 1. The molecular formula is C27H31FN6O2. The molecule has 0 bridgehead atoms. The zero-order valence-electron chi connectivity index (χ0n) is 20.8. The van der Waals surface area contributed by atoms with Gasteiger partial charge in [-0.3, -0.25) is 4.79 Å². The number of rotatable bonds is 6. The molecule has 3 aromatic rings. The predicted molar refractivity (Wildman–Crippen MR) is 142 cm³/mol. The van der Waals surface area contributed by atoms with Crippen LogP contribution >= 0.6 is 0 Å². The van der Waals surface area contributed by atoms with E-state index in [0.717, 1.165) is 49.5 Å². The summed E-state index contributed by atoms with van der Waals surface area (Å²) in [6.45, 7) is 6.07. The number of likely N-dealkylation sites (N-methyl/N-ethyl adjacent to an activating group) is 1. The molecule has 2 aromatic carbocycles. The Hall–Kier alpha value is -3.85. The Bertz CT molecular complexity index is 1280. The SMILES string of the molecule is COc1cc(N2CCN(C)CC2)ccc1Nc1nccc(Nc2cccc3c2N(C(C)=O)CC3)c1F. The van der Waals surface area contributed by atoms with Crippen molar-refractivity contribution in [2.75, 3.05) is 67.3 Å². The summed E-state index contributed by atoms with van der Waals surface area (Å²) in [5, 5.41) is 6.27. The third-order valence-electron chi connectivity index (χ3n) is 6.84. The van der Waals surface area contributed by atoms with E-state index < -0.39 is 5.82 Å². The lowest BCUT2D eigenvalue weighted by Gasteiger charge is -2.34. The summed E-state index contributed by atoms with van der Waals surface area (Å²) >= 11 is 0. The lowest BCUT2D eigenvalue weighted by Crippen LogP contribution is -2.44. The first-order valence-corrected chi connectivity index (χ1v) is 12.1. The number of ether oxygens (including phenoxy) is 1. The number of carbonyl (C=O) groups is 1. The van der Waals surface area contributed by atoms with Gasteiger partial charge in [0, 0.05) is 57.6 Å². The van der Waals surface area contributed by atoms with E-state index >= 15 is 4.39 Å². The number of halogens is 1. The lowest BCUT2D eigenvalue weighted by atomic mass is 10.1. The van der Waals surface area contributed by atoms with Gasteiger partial charge in [-0.15, -0.1) is 0 Å². The van der Waals surface area contributed by atoms with E-state index in [1.807, 2.05) is 36.4 Å². The van der Waals surface area contributed by atoms with Crippen LogP contribution in [-0.2, 0) is 11.2 Å². The number of piperazine rings is 1. The molecule has 188 valence electrons. The maximum absolute atomic E-state index is 15.6. The summed E-state index contributed by atoms with van der Waals surface area (Å²) in [4.78, 5) is 22.7. The third-order valence-corrected chi connectivity index (χ3v) is 6.84. The van der Waals surface area contributed by atoms with Gasteiger partial charge >= 0.3 is 0 Å². The van der Waals surface area contributed by atoms with Crippen molar-refractivity contribution < 1.29 is 13.9 Å². The summed E-state index contributed by atoms with van der Waals surface area (Å²) < 4.78 is 21.2. The number of nitrogens with zero attached hydrogens (tertiary/aromatic N) is 4. The Morgan fingerprint density at radius 3 is 2.56 bits per heavy atom. The van der Waals surface area contributed by atoms with Crippen molar-refractivity contribution in [2.24, 2.45) is 0 Å². The second-order valence-corrected chi connectivity index (χ2v) is 9.18. The number of methoxy groups -OCH3 is 1. The largest absolute Gasteiger partial charge is 0.494 e. The highest BCUT2D eigenvalue weighted by Crippen LogP contribution is 2.39. The first-order valence-electron chi connectivity index (χ1n) is 12.1. The van der Waals surface area contributed by atoms with Gasteiger partial charge in [-0.05, 0) is 43.3 Å². The van der Waals surface area contributed by atoms with Gasteiger partial charge in [0.2, 0.25) is 5.91 Å². The van der Waals surface area contributed by atoms with Crippen LogP contribution in [-0.4, -0.2) is 62.7 Å². The third kappa shape index (κ3) is 4.66. The second kappa shape index (κ2) is 10.0. The minimum atomic E-state index is -0.521. The van der Waals surface area contributed by atoms with E-state index in [1.165, 1.54) is 0 Å². The molecule has 0 atom stereocenters. The van der Waals surface area contributed by atoms with Crippen LogP contribution in [0.3, 0.4) is 0 Å². The number of benzene rings is 2. The van der Waals surface area contributed by atoms with E-state index in [4.69, 9.17) is 4.74 Å². The van der Waals surface area contributed by atoms with Gasteiger partial charge in [0.05, 0.1) is 29.9 Å². The van der Waals surface area contributed by atoms with Crippen LogP contribution in [0.2, 0.25) is 0 Å². The zero-order valence-corrected chi connectivity index (χ0v) is 20.8. The van der Waals surface area contributed by atoms with Crippen LogP contribution in [0.1, 0.15) is 12.5 Å². The number of para-hydroxylation sites is 1. The molecule has 2 aliphatic rings. The van der Waals surface area contributed by atoms with Crippen molar-refractivity contribution in [1.29, 1.82) is 0 Å². The number of hydrogen-bond donors (Lipinski definition) is 2. The Morgan fingerprint density at radius 1 is 1.00 bits per heavy atom. The monoisotopic (exact) mass is 490 g/mol. The first kappa shape index (κ1) is 23.9. The molecule has 9 heteroatoms. The summed E-state index contributed by atoms with van der Waals surface area (Å²) in [5.41, 5.74) is 4.52.